The Balaban J connectivity index is 1.37. The summed E-state index contributed by atoms with van der Waals surface area (Å²) in [5, 5.41) is 4.23. The monoisotopic (exact) mass is 664 g/mol. The molecule has 5 nitrogen and oxygen atoms in total. The number of carbonyl (C=O) groups is 1. The smallest absolute Gasteiger partial charge is 0.340 e. The van der Waals surface area contributed by atoms with Gasteiger partial charge in [0.25, 0.3) is 0 Å². The number of fused-ring (bicyclic) bond motifs is 6. The summed E-state index contributed by atoms with van der Waals surface area (Å²) in [6.07, 6.45) is 13.9. The van der Waals surface area contributed by atoms with Crippen molar-refractivity contribution in [1.29, 1.82) is 0 Å². The molecular formula is C42H49ClN2O3. The first kappa shape index (κ1) is 33.9. The third-order valence-corrected chi connectivity index (χ3v) is 10.1. The number of hydrogen-bond acceptors (Lipinski definition) is 5. The van der Waals surface area contributed by atoms with Crippen LogP contribution in [0.25, 0.3) is 0 Å². The lowest BCUT2D eigenvalue weighted by atomic mass is 9.77. The van der Waals surface area contributed by atoms with Gasteiger partial charge in [0.15, 0.2) is 5.60 Å². The molecule has 6 rings (SSSR count). The Morgan fingerprint density at radius 2 is 1.35 bits per heavy atom. The maximum absolute atomic E-state index is 13.5. The van der Waals surface area contributed by atoms with Gasteiger partial charge in [-0.3, -0.25) is 0 Å². The molecule has 1 spiro atoms. The minimum atomic E-state index is -1.12. The Morgan fingerprint density at radius 1 is 0.708 bits per heavy atom. The van der Waals surface area contributed by atoms with E-state index in [4.69, 9.17) is 21.1 Å². The number of nitrogens with zero attached hydrogens (tertiary/aromatic N) is 1. The molecule has 0 saturated heterocycles. The van der Waals surface area contributed by atoms with E-state index in [2.05, 4.69) is 61.3 Å². The molecule has 0 saturated carbocycles. The van der Waals surface area contributed by atoms with Crippen LogP contribution in [0.15, 0.2) is 78.9 Å². The quantitative estimate of drug-likeness (QED) is 0.0954. The lowest BCUT2D eigenvalue weighted by Crippen LogP contribution is -2.33. The van der Waals surface area contributed by atoms with Crippen molar-refractivity contribution in [3.63, 3.8) is 0 Å². The summed E-state index contributed by atoms with van der Waals surface area (Å²) in [5.41, 5.74) is 5.97. The zero-order chi connectivity index (χ0) is 33.5. The largest absolute Gasteiger partial charge is 0.456 e. The summed E-state index contributed by atoms with van der Waals surface area (Å²) in [6, 6.07) is 26.0. The van der Waals surface area contributed by atoms with Crippen LogP contribution in [0.1, 0.15) is 117 Å². The number of hydrogen-bond donors (Lipinski definition) is 1. The molecule has 48 heavy (non-hydrogen) atoms. The lowest BCUT2D eigenvalue weighted by molar-refractivity contribution is 0.0224. The summed E-state index contributed by atoms with van der Waals surface area (Å²) in [5.74, 6) is 1.12. The Hall–Kier alpha value is -3.96. The number of benzene rings is 4. The number of unbranched alkanes of at least 4 members (excludes halogenated alkanes) is 9. The summed E-state index contributed by atoms with van der Waals surface area (Å²) in [7, 11) is 0. The standard InChI is InChI=1S/C42H49ClN2O3/c1-4-6-8-10-12-16-26-45(25-15-11-9-7-5-2)33-23-24-36-40(28-33)47-39-27-30(3)38(44-32-21-19-31(43)20-22-32)29-37(39)42(36)35-18-14-13-17-34(35)41(46)48-42/h13-14,17-24,27-29,44H,4-12,15-16,25-26H2,1-3H3. The highest BCUT2D eigenvalue weighted by atomic mass is 35.5. The van der Waals surface area contributed by atoms with E-state index in [-0.39, 0.29) is 5.97 Å². The fourth-order valence-corrected chi connectivity index (χ4v) is 7.31. The molecular weight excluding hydrogens is 616 g/mol. The van der Waals surface area contributed by atoms with E-state index >= 15 is 0 Å². The van der Waals surface area contributed by atoms with E-state index < -0.39 is 5.60 Å². The zero-order valence-corrected chi connectivity index (χ0v) is 29.5. The highest BCUT2D eigenvalue weighted by molar-refractivity contribution is 6.30. The van der Waals surface area contributed by atoms with Crippen LogP contribution in [0.2, 0.25) is 5.02 Å². The Kier molecular flexibility index (Phi) is 11.0. The number of rotatable bonds is 16. The van der Waals surface area contributed by atoms with Crippen molar-refractivity contribution < 1.29 is 14.3 Å². The van der Waals surface area contributed by atoms with Gasteiger partial charge in [0, 0.05) is 57.9 Å². The van der Waals surface area contributed by atoms with Crippen molar-refractivity contribution in [1.82, 2.24) is 0 Å². The number of ether oxygens (including phenoxy) is 2. The van der Waals surface area contributed by atoms with Crippen molar-refractivity contribution in [3.8, 4) is 11.5 Å². The Labute approximate surface area is 291 Å². The van der Waals surface area contributed by atoms with Gasteiger partial charge in [0.2, 0.25) is 0 Å². The molecule has 0 fully saturated rings. The highest BCUT2D eigenvalue weighted by Crippen LogP contribution is 2.57. The lowest BCUT2D eigenvalue weighted by Gasteiger charge is -2.38. The first-order valence-corrected chi connectivity index (χ1v) is 18.4. The zero-order valence-electron chi connectivity index (χ0n) is 28.7. The second kappa shape index (κ2) is 15.5. The van der Waals surface area contributed by atoms with Gasteiger partial charge in [-0.05, 0) is 79.9 Å². The predicted octanol–water partition coefficient (Wildman–Crippen LogP) is 12.1. The Bertz CT molecular complexity index is 1720. The summed E-state index contributed by atoms with van der Waals surface area (Å²) in [4.78, 5) is 16.1. The molecule has 0 aliphatic carbocycles. The second-order valence-electron chi connectivity index (χ2n) is 13.4. The van der Waals surface area contributed by atoms with Crippen LogP contribution in [0.4, 0.5) is 17.1 Å². The molecule has 2 aliphatic rings. The van der Waals surface area contributed by atoms with Gasteiger partial charge in [0.1, 0.15) is 11.5 Å². The van der Waals surface area contributed by atoms with Gasteiger partial charge in [0.05, 0.1) is 5.56 Å². The van der Waals surface area contributed by atoms with Crippen molar-refractivity contribution in [2.45, 2.75) is 97.0 Å². The van der Waals surface area contributed by atoms with E-state index in [0.29, 0.717) is 16.3 Å². The van der Waals surface area contributed by atoms with Crippen LogP contribution in [-0.4, -0.2) is 19.1 Å². The predicted molar refractivity (Wildman–Crippen MR) is 199 cm³/mol. The van der Waals surface area contributed by atoms with Gasteiger partial charge >= 0.3 is 5.97 Å². The molecule has 0 bridgehead atoms. The van der Waals surface area contributed by atoms with Gasteiger partial charge in [-0.25, -0.2) is 4.79 Å². The topological polar surface area (TPSA) is 50.8 Å². The third kappa shape index (κ3) is 7.08. The number of anilines is 3. The third-order valence-electron chi connectivity index (χ3n) is 9.84. The van der Waals surface area contributed by atoms with Crippen molar-refractivity contribution >= 4 is 34.6 Å². The van der Waals surface area contributed by atoms with Crippen LogP contribution < -0.4 is 15.0 Å². The first-order valence-electron chi connectivity index (χ1n) is 18.0. The van der Waals surface area contributed by atoms with E-state index in [1.807, 2.05) is 48.5 Å². The highest BCUT2D eigenvalue weighted by Gasteiger charge is 2.53. The fraction of sp³-hybridized carbons (Fsp3) is 0.405. The van der Waals surface area contributed by atoms with Crippen molar-refractivity contribution in [3.05, 3.63) is 112 Å². The molecule has 1 unspecified atom stereocenters. The minimum absolute atomic E-state index is 0.321. The van der Waals surface area contributed by atoms with Crippen LogP contribution in [0.5, 0.6) is 11.5 Å². The fourth-order valence-electron chi connectivity index (χ4n) is 7.19. The van der Waals surface area contributed by atoms with Crippen LogP contribution >= 0.6 is 11.6 Å². The number of aryl methyl sites for hydroxylation is 1. The average Bonchev–Trinajstić information content (AvgIpc) is 3.39. The molecule has 0 radical (unpaired) electrons. The van der Waals surface area contributed by atoms with Crippen molar-refractivity contribution in [2.24, 2.45) is 0 Å². The number of carbonyl (C=O) groups excluding carboxylic acids is 1. The molecule has 4 aromatic rings. The molecule has 252 valence electrons. The second-order valence-corrected chi connectivity index (χ2v) is 13.8. The van der Waals surface area contributed by atoms with E-state index in [1.54, 1.807) is 0 Å². The molecule has 2 heterocycles. The minimum Gasteiger partial charge on any atom is -0.456 e. The molecule has 0 amide bonds. The molecule has 1 atom stereocenters. The summed E-state index contributed by atoms with van der Waals surface area (Å²) >= 11 is 6.16. The molecule has 6 heteroatoms. The summed E-state index contributed by atoms with van der Waals surface area (Å²) < 4.78 is 13.3. The van der Waals surface area contributed by atoms with E-state index in [1.165, 1.54) is 70.6 Å². The molecule has 2 aliphatic heterocycles. The normalized spacial score (nSPS) is 15.8. The molecule has 1 N–H and O–H groups in total. The maximum atomic E-state index is 13.5. The Morgan fingerprint density at radius 3 is 2.06 bits per heavy atom. The number of nitrogens with one attached hydrogen (secondary N) is 1. The van der Waals surface area contributed by atoms with Gasteiger partial charge < -0.3 is 19.7 Å². The van der Waals surface area contributed by atoms with Crippen LogP contribution in [0, 0.1) is 6.92 Å². The van der Waals surface area contributed by atoms with Crippen LogP contribution in [0.3, 0.4) is 0 Å². The van der Waals surface area contributed by atoms with E-state index in [0.717, 1.165) is 58.2 Å². The molecule has 4 aromatic carbocycles. The van der Waals surface area contributed by atoms with Gasteiger partial charge in [-0.2, -0.15) is 0 Å². The summed E-state index contributed by atoms with van der Waals surface area (Å²) in [6.45, 7) is 8.65. The maximum Gasteiger partial charge on any atom is 0.340 e. The van der Waals surface area contributed by atoms with Crippen molar-refractivity contribution in [2.75, 3.05) is 23.3 Å². The van der Waals surface area contributed by atoms with Gasteiger partial charge in [-0.1, -0.05) is 101 Å². The van der Waals surface area contributed by atoms with Crippen LogP contribution in [-0.2, 0) is 10.3 Å². The number of esters is 1. The average molecular weight is 665 g/mol. The van der Waals surface area contributed by atoms with Gasteiger partial charge in [-0.15, -0.1) is 0 Å². The van der Waals surface area contributed by atoms with E-state index in [9.17, 15) is 4.79 Å². The SMILES string of the molecule is CCCCCCCCN(CCCCCCC)c1ccc2c(c1)Oc1cc(C)c(Nc3ccc(Cl)cc3)cc1C21OC(=O)c2ccccc21. The first-order chi connectivity index (χ1) is 23.4. The number of halogens is 1. The molecule has 0 aromatic heterocycles.